The van der Waals surface area contributed by atoms with Crippen LogP contribution in [0, 0.1) is 0 Å². The van der Waals surface area contributed by atoms with Gasteiger partial charge >= 0.3 is 0 Å². The van der Waals surface area contributed by atoms with Gasteiger partial charge in [-0.2, -0.15) is 0 Å². The van der Waals surface area contributed by atoms with Crippen LogP contribution in [0.5, 0.6) is 5.75 Å². The van der Waals surface area contributed by atoms with Gasteiger partial charge in [-0.15, -0.1) is 0 Å². The standard InChI is InChI=1S/C26H27BrCl2N2O3/c1-3-14-30-26(33)22(4-2)31(15-19-20(28)10-7-11-21(19)29)24(32)16-34-23-13-12-17-8-5-6-9-18(17)25(23)27/h5-13,22H,3-4,14-16H2,1-2H3,(H,30,33). The van der Waals surface area contributed by atoms with Crippen molar-refractivity contribution in [3.8, 4) is 5.75 Å². The Morgan fingerprint density at radius 3 is 2.41 bits per heavy atom. The lowest BCUT2D eigenvalue weighted by atomic mass is 10.1. The van der Waals surface area contributed by atoms with Crippen LogP contribution in [0.25, 0.3) is 10.8 Å². The second kappa shape index (κ2) is 12.4. The highest BCUT2D eigenvalue weighted by Crippen LogP contribution is 2.33. The first-order chi connectivity index (χ1) is 16.4. The summed E-state index contributed by atoms with van der Waals surface area (Å²) in [6, 6.07) is 16.1. The zero-order chi connectivity index (χ0) is 24.7. The average molecular weight is 566 g/mol. The first kappa shape index (κ1) is 26.3. The van der Waals surface area contributed by atoms with Crippen molar-refractivity contribution in [1.29, 1.82) is 0 Å². The summed E-state index contributed by atoms with van der Waals surface area (Å²) < 4.78 is 6.68. The maximum Gasteiger partial charge on any atom is 0.261 e. The number of carbonyl (C=O) groups excluding carboxylic acids is 2. The van der Waals surface area contributed by atoms with E-state index >= 15 is 0 Å². The summed E-state index contributed by atoms with van der Waals surface area (Å²) in [5.41, 5.74) is 0.591. The zero-order valence-corrected chi connectivity index (χ0v) is 22.2. The quantitative estimate of drug-likeness (QED) is 0.300. The van der Waals surface area contributed by atoms with Crippen molar-refractivity contribution < 1.29 is 14.3 Å². The molecule has 0 aliphatic rings. The van der Waals surface area contributed by atoms with Gasteiger partial charge in [0.05, 0.1) is 4.47 Å². The van der Waals surface area contributed by atoms with Crippen LogP contribution in [0.4, 0.5) is 0 Å². The van der Waals surface area contributed by atoms with Gasteiger partial charge in [-0.05, 0) is 57.7 Å². The van der Waals surface area contributed by atoms with E-state index < -0.39 is 6.04 Å². The van der Waals surface area contributed by atoms with Gasteiger partial charge in [0.25, 0.3) is 5.91 Å². The summed E-state index contributed by atoms with van der Waals surface area (Å²) in [6.07, 6.45) is 1.23. The zero-order valence-electron chi connectivity index (χ0n) is 19.1. The third-order valence-corrected chi connectivity index (χ3v) is 7.03. The van der Waals surface area contributed by atoms with Crippen molar-refractivity contribution in [3.05, 3.63) is 74.7 Å². The van der Waals surface area contributed by atoms with Gasteiger partial charge in [0.1, 0.15) is 11.8 Å². The number of ether oxygens (including phenoxy) is 1. The Balaban J connectivity index is 1.86. The summed E-state index contributed by atoms with van der Waals surface area (Å²) in [6.45, 7) is 4.23. The number of hydrogen-bond donors (Lipinski definition) is 1. The summed E-state index contributed by atoms with van der Waals surface area (Å²) in [4.78, 5) is 27.8. The number of fused-ring (bicyclic) bond motifs is 1. The van der Waals surface area contributed by atoms with E-state index in [2.05, 4.69) is 21.2 Å². The first-order valence-corrected chi connectivity index (χ1v) is 12.7. The number of carbonyl (C=O) groups is 2. The second-order valence-corrected chi connectivity index (χ2v) is 9.43. The van der Waals surface area contributed by atoms with E-state index in [-0.39, 0.29) is 25.0 Å². The highest BCUT2D eigenvalue weighted by atomic mass is 79.9. The van der Waals surface area contributed by atoms with Gasteiger partial charge in [0.15, 0.2) is 6.61 Å². The molecule has 0 spiro atoms. The van der Waals surface area contributed by atoms with Crippen LogP contribution >= 0.6 is 39.1 Å². The lowest BCUT2D eigenvalue weighted by Gasteiger charge is -2.31. The smallest absolute Gasteiger partial charge is 0.261 e. The Hall–Kier alpha value is -2.28. The van der Waals surface area contributed by atoms with Crippen LogP contribution in [0.3, 0.4) is 0 Å². The molecular formula is C26H27BrCl2N2O3. The van der Waals surface area contributed by atoms with Crippen molar-refractivity contribution in [2.24, 2.45) is 0 Å². The maximum atomic E-state index is 13.4. The molecule has 0 saturated carbocycles. The molecule has 34 heavy (non-hydrogen) atoms. The highest BCUT2D eigenvalue weighted by molar-refractivity contribution is 9.10. The fraction of sp³-hybridized carbons (Fsp3) is 0.308. The summed E-state index contributed by atoms with van der Waals surface area (Å²) in [7, 11) is 0. The molecule has 3 aromatic rings. The van der Waals surface area contributed by atoms with Gasteiger partial charge in [-0.1, -0.05) is 73.4 Å². The molecule has 5 nitrogen and oxygen atoms in total. The van der Waals surface area contributed by atoms with E-state index in [4.69, 9.17) is 27.9 Å². The third-order valence-electron chi connectivity index (χ3n) is 5.50. The minimum absolute atomic E-state index is 0.0949. The molecule has 0 saturated heterocycles. The molecule has 0 heterocycles. The van der Waals surface area contributed by atoms with Crippen molar-refractivity contribution in [3.63, 3.8) is 0 Å². The summed E-state index contributed by atoms with van der Waals surface area (Å²) >= 11 is 16.3. The largest absolute Gasteiger partial charge is 0.483 e. The predicted molar refractivity (Wildman–Crippen MR) is 142 cm³/mol. The van der Waals surface area contributed by atoms with Crippen LogP contribution in [0.2, 0.25) is 10.0 Å². The third kappa shape index (κ3) is 6.23. The van der Waals surface area contributed by atoms with E-state index in [0.717, 1.165) is 21.7 Å². The van der Waals surface area contributed by atoms with Crippen molar-refractivity contribution in [2.45, 2.75) is 39.3 Å². The second-order valence-electron chi connectivity index (χ2n) is 7.82. The van der Waals surface area contributed by atoms with Crippen molar-refractivity contribution in [2.75, 3.05) is 13.2 Å². The maximum absolute atomic E-state index is 13.4. The Kier molecular flexibility index (Phi) is 9.63. The number of amides is 2. The fourth-order valence-electron chi connectivity index (χ4n) is 3.69. The Labute approximate surface area is 218 Å². The number of rotatable bonds is 10. The predicted octanol–water partition coefficient (Wildman–Crippen LogP) is 6.62. The van der Waals surface area contributed by atoms with Crippen molar-refractivity contribution >= 4 is 61.7 Å². The van der Waals surface area contributed by atoms with Crippen LogP contribution < -0.4 is 10.1 Å². The molecule has 8 heteroatoms. The lowest BCUT2D eigenvalue weighted by Crippen LogP contribution is -2.50. The monoisotopic (exact) mass is 564 g/mol. The molecule has 0 fully saturated rings. The number of nitrogens with zero attached hydrogens (tertiary/aromatic N) is 1. The van der Waals surface area contributed by atoms with E-state index in [1.165, 1.54) is 4.90 Å². The Morgan fingerprint density at radius 1 is 1.03 bits per heavy atom. The molecule has 1 unspecified atom stereocenters. The molecule has 0 aliphatic heterocycles. The molecule has 2 amide bonds. The van der Waals surface area contributed by atoms with E-state index in [1.54, 1.807) is 18.2 Å². The van der Waals surface area contributed by atoms with Gasteiger partial charge in [-0.25, -0.2) is 0 Å². The van der Waals surface area contributed by atoms with Gasteiger partial charge in [-0.3, -0.25) is 9.59 Å². The van der Waals surface area contributed by atoms with Crippen LogP contribution in [0.1, 0.15) is 32.3 Å². The van der Waals surface area contributed by atoms with E-state index in [0.29, 0.717) is 34.3 Å². The van der Waals surface area contributed by atoms with Gasteiger partial charge < -0.3 is 15.0 Å². The molecule has 0 bridgehead atoms. The molecule has 1 atom stereocenters. The normalized spacial score (nSPS) is 11.8. The molecule has 0 aliphatic carbocycles. The fourth-order valence-corrected chi connectivity index (χ4v) is 4.81. The summed E-state index contributed by atoms with van der Waals surface area (Å²) in [5.74, 6) is -0.00596. The molecule has 1 N–H and O–H groups in total. The van der Waals surface area contributed by atoms with Crippen molar-refractivity contribution in [1.82, 2.24) is 10.2 Å². The number of halogens is 3. The van der Waals surface area contributed by atoms with Crippen LogP contribution in [0.15, 0.2) is 59.1 Å². The number of benzene rings is 3. The number of nitrogens with one attached hydrogen (secondary N) is 1. The highest BCUT2D eigenvalue weighted by Gasteiger charge is 2.30. The lowest BCUT2D eigenvalue weighted by molar-refractivity contribution is -0.143. The Morgan fingerprint density at radius 2 is 1.74 bits per heavy atom. The molecule has 0 aromatic heterocycles. The number of hydrogen-bond acceptors (Lipinski definition) is 3. The molecule has 3 aromatic carbocycles. The van der Waals surface area contributed by atoms with E-state index in [9.17, 15) is 9.59 Å². The SMILES string of the molecule is CCCNC(=O)C(CC)N(Cc1c(Cl)cccc1Cl)C(=O)COc1ccc2ccccc2c1Br. The van der Waals surface area contributed by atoms with Gasteiger partial charge in [0, 0.05) is 28.7 Å². The topological polar surface area (TPSA) is 58.6 Å². The minimum atomic E-state index is -0.685. The van der Waals surface area contributed by atoms with Crippen LogP contribution in [-0.4, -0.2) is 35.9 Å². The average Bonchev–Trinajstić information content (AvgIpc) is 2.84. The van der Waals surface area contributed by atoms with E-state index in [1.807, 2.05) is 50.2 Å². The minimum Gasteiger partial charge on any atom is -0.483 e. The molecule has 180 valence electrons. The Bertz CT molecular complexity index is 1150. The molecule has 3 rings (SSSR count). The summed E-state index contributed by atoms with van der Waals surface area (Å²) in [5, 5.41) is 5.81. The molecular weight excluding hydrogens is 539 g/mol. The first-order valence-electron chi connectivity index (χ1n) is 11.2. The van der Waals surface area contributed by atoms with Crippen LogP contribution in [-0.2, 0) is 16.1 Å². The van der Waals surface area contributed by atoms with Gasteiger partial charge in [0.2, 0.25) is 5.91 Å². The molecule has 0 radical (unpaired) electrons.